The van der Waals surface area contributed by atoms with E-state index in [4.69, 9.17) is 23.8 Å². The first-order chi connectivity index (χ1) is 13.8. The van der Waals surface area contributed by atoms with Crippen LogP contribution in [0.4, 0.5) is 0 Å². The Hall–Kier alpha value is -2.94. The number of hydrogen-bond donors (Lipinski definition) is 0. The predicted molar refractivity (Wildman–Crippen MR) is 101 cm³/mol. The third-order valence-electron chi connectivity index (χ3n) is 4.16. The monoisotopic (exact) mass is 407 g/mol. The number of hydrogen-bond acceptors (Lipinski definition) is 9. The van der Waals surface area contributed by atoms with E-state index in [0.29, 0.717) is 5.71 Å². The maximum absolute atomic E-state index is 11.7. The smallest absolute Gasteiger partial charge is 0.303 e. The molecule has 1 saturated heterocycles. The van der Waals surface area contributed by atoms with Crippen LogP contribution in [0.2, 0.25) is 0 Å². The van der Waals surface area contributed by atoms with Gasteiger partial charge >= 0.3 is 17.9 Å². The molecule has 1 aliphatic rings. The van der Waals surface area contributed by atoms with Crippen LogP contribution in [0.5, 0.6) is 0 Å². The van der Waals surface area contributed by atoms with Crippen LogP contribution in [0, 0.1) is 0 Å². The van der Waals surface area contributed by atoms with Gasteiger partial charge in [-0.25, -0.2) is 0 Å². The highest BCUT2D eigenvalue weighted by atomic mass is 16.6. The van der Waals surface area contributed by atoms with Crippen LogP contribution in [-0.2, 0) is 38.2 Å². The molecule has 0 spiro atoms. The van der Waals surface area contributed by atoms with Gasteiger partial charge in [-0.3, -0.25) is 14.4 Å². The lowest BCUT2D eigenvalue weighted by molar-refractivity contribution is -0.224. The molecule has 4 atom stereocenters. The lowest BCUT2D eigenvalue weighted by Crippen LogP contribution is -2.57. The van der Waals surface area contributed by atoms with E-state index >= 15 is 0 Å². The summed E-state index contributed by atoms with van der Waals surface area (Å²) in [5.74, 6) is -1.75. The van der Waals surface area contributed by atoms with Crippen molar-refractivity contribution in [2.45, 2.75) is 51.6 Å². The van der Waals surface area contributed by atoms with Gasteiger partial charge in [-0.15, -0.1) is 0 Å². The van der Waals surface area contributed by atoms with Crippen molar-refractivity contribution in [1.29, 1.82) is 0 Å². The lowest BCUT2D eigenvalue weighted by Gasteiger charge is -2.40. The van der Waals surface area contributed by atoms with Crippen molar-refractivity contribution in [3.63, 3.8) is 0 Å². The molecule has 0 bridgehead atoms. The maximum Gasteiger partial charge on any atom is 0.303 e. The summed E-state index contributed by atoms with van der Waals surface area (Å²) in [7, 11) is 1.42. The third kappa shape index (κ3) is 6.56. The van der Waals surface area contributed by atoms with Crippen LogP contribution in [0.1, 0.15) is 32.8 Å². The minimum absolute atomic E-state index is 0.0327. The fourth-order valence-corrected chi connectivity index (χ4v) is 3.13. The van der Waals surface area contributed by atoms with E-state index in [1.54, 1.807) is 0 Å². The molecular formula is C20H25NO8. The van der Waals surface area contributed by atoms with E-state index < -0.39 is 42.3 Å². The van der Waals surface area contributed by atoms with Crippen molar-refractivity contribution in [2.24, 2.45) is 5.16 Å². The topological polar surface area (TPSA) is 110 Å². The number of benzene rings is 1. The van der Waals surface area contributed by atoms with Crippen molar-refractivity contribution in [2.75, 3.05) is 13.7 Å². The number of oxime groups is 1. The minimum Gasteiger partial charge on any atom is -0.456 e. The second-order valence-corrected chi connectivity index (χ2v) is 6.46. The lowest BCUT2D eigenvalue weighted by atomic mass is 9.93. The number of carbonyl (C=O) groups is 3. The molecule has 158 valence electrons. The number of ether oxygens (including phenoxy) is 4. The molecule has 0 saturated carbocycles. The Bertz CT molecular complexity index is 748. The predicted octanol–water partition coefficient (Wildman–Crippen LogP) is 1.62. The van der Waals surface area contributed by atoms with Gasteiger partial charge in [0.1, 0.15) is 13.2 Å². The molecule has 0 unspecified atom stereocenters. The third-order valence-corrected chi connectivity index (χ3v) is 4.16. The molecule has 1 heterocycles. The highest BCUT2D eigenvalue weighted by molar-refractivity contribution is 6.00. The highest BCUT2D eigenvalue weighted by Crippen LogP contribution is 2.27. The van der Waals surface area contributed by atoms with Gasteiger partial charge in [-0.2, -0.15) is 0 Å². The van der Waals surface area contributed by atoms with Crippen molar-refractivity contribution in [3.8, 4) is 0 Å². The van der Waals surface area contributed by atoms with E-state index in [0.717, 1.165) is 5.56 Å². The first-order valence-electron chi connectivity index (χ1n) is 9.10. The number of nitrogens with zero attached hydrogens (tertiary/aromatic N) is 1. The molecule has 1 aromatic rings. The molecule has 0 aromatic heterocycles. The Kier molecular flexibility index (Phi) is 8.14. The van der Waals surface area contributed by atoms with Crippen molar-refractivity contribution in [1.82, 2.24) is 0 Å². The Balaban J connectivity index is 2.33. The Morgan fingerprint density at radius 3 is 2.10 bits per heavy atom. The Morgan fingerprint density at radius 1 is 0.966 bits per heavy atom. The number of esters is 3. The molecule has 0 N–H and O–H groups in total. The van der Waals surface area contributed by atoms with E-state index in [9.17, 15) is 14.4 Å². The zero-order valence-corrected chi connectivity index (χ0v) is 16.8. The SMILES string of the molecule is CO/N=C(/C[C@@H]1OC[C@@H](OC(C)=O)[C@H](OC(C)=O)[C@H]1OC(C)=O)c1ccccc1. The molecular weight excluding hydrogens is 382 g/mol. The fourth-order valence-electron chi connectivity index (χ4n) is 3.13. The molecule has 1 aliphatic heterocycles. The molecule has 0 aliphatic carbocycles. The van der Waals surface area contributed by atoms with Gasteiger partial charge in [0.25, 0.3) is 0 Å². The average Bonchev–Trinajstić information content (AvgIpc) is 2.65. The van der Waals surface area contributed by atoms with Crippen LogP contribution < -0.4 is 0 Å². The summed E-state index contributed by atoms with van der Waals surface area (Å²) >= 11 is 0. The van der Waals surface area contributed by atoms with E-state index in [1.165, 1.54) is 27.9 Å². The zero-order chi connectivity index (χ0) is 21.4. The summed E-state index contributed by atoms with van der Waals surface area (Å²) in [5.41, 5.74) is 1.36. The van der Waals surface area contributed by atoms with E-state index in [1.807, 2.05) is 30.3 Å². The molecule has 0 amide bonds. The molecule has 0 radical (unpaired) electrons. The van der Waals surface area contributed by atoms with Crippen LogP contribution in [0.15, 0.2) is 35.5 Å². The summed E-state index contributed by atoms with van der Waals surface area (Å²) in [4.78, 5) is 39.7. The van der Waals surface area contributed by atoms with Crippen LogP contribution >= 0.6 is 0 Å². The van der Waals surface area contributed by atoms with Crippen LogP contribution in [0.25, 0.3) is 0 Å². The first-order valence-corrected chi connectivity index (χ1v) is 9.10. The Morgan fingerprint density at radius 2 is 1.55 bits per heavy atom. The molecule has 9 nitrogen and oxygen atoms in total. The molecule has 9 heteroatoms. The molecule has 29 heavy (non-hydrogen) atoms. The van der Waals surface area contributed by atoms with Gasteiger partial charge in [0.2, 0.25) is 0 Å². The van der Waals surface area contributed by atoms with Gasteiger partial charge < -0.3 is 23.8 Å². The molecule has 1 aromatic carbocycles. The van der Waals surface area contributed by atoms with Gasteiger partial charge in [0.05, 0.1) is 12.3 Å². The first kappa shape index (κ1) is 22.4. The molecule has 1 fully saturated rings. The largest absolute Gasteiger partial charge is 0.456 e. The summed E-state index contributed by atoms with van der Waals surface area (Å²) < 4.78 is 21.8. The normalized spacial score (nSPS) is 24.3. The van der Waals surface area contributed by atoms with Gasteiger partial charge in [0.15, 0.2) is 18.3 Å². The van der Waals surface area contributed by atoms with Gasteiger partial charge in [-0.05, 0) is 5.56 Å². The maximum atomic E-state index is 11.7. The van der Waals surface area contributed by atoms with Gasteiger partial charge in [0, 0.05) is 27.2 Å². The average molecular weight is 407 g/mol. The van der Waals surface area contributed by atoms with Crippen molar-refractivity contribution < 1.29 is 38.2 Å². The van der Waals surface area contributed by atoms with Crippen LogP contribution in [-0.4, -0.2) is 61.8 Å². The number of carbonyl (C=O) groups excluding carboxylic acids is 3. The second-order valence-electron chi connectivity index (χ2n) is 6.46. The number of rotatable bonds is 7. The van der Waals surface area contributed by atoms with Crippen molar-refractivity contribution >= 4 is 23.6 Å². The summed E-state index contributed by atoms with van der Waals surface area (Å²) in [6.45, 7) is 3.66. The zero-order valence-electron chi connectivity index (χ0n) is 16.8. The van der Waals surface area contributed by atoms with E-state index in [2.05, 4.69) is 5.16 Å². The van der Waals surface area contributed by atoms with Gasteiger partial charge in [-0.1, -0.05) is 35.5 Å². The Labute approximate surface area is 168 Å². The quantitative estimate of drug-likeness (QED) is 0.290. The summed E-state index contributed by atoms with van der Waals surface area (Å²) in [6, 6.07) is 9.28. The van der Waals surface area contributed by atoms with Crippen LogP contribution in [0.3, 0.4) is 0 Å². The summed E-state index contributed by atoms with van der Waals surface area (Å²) in [5, 5.41) is 4.06. The van der Waals surface area contributed by atoms with Crippen molar-refractivity contribution in [3.05, 3.63) is 35.9 Å². The molecule has 2 rings (SSSR count). The highest BCUT2D eigenvalue weighted by Gasteiger charge is 2.47. The second kappa shape index (κ2) is 10.6. The fraction of sp³-hybridized carbons (Fsp3) is 0.500. The van der Waals surface area contributed by atoms with E-state index in [-0.39, 0.29) is 13.0 Å². The summed E-state index contributed by atoms with van der Waals surface area (Å²) in [6.07, 6.45) is -3.42. The minimum atomic E-state index is -1.02. The standard InChI is InChI=1S/C20H25NO8/c1-12(22)27-18-11-26-17(19(28-13(2)23)20(18)29-14(3)24)10-16(21-25-4)15-8-6-5-7-9-15/h5-9,17-20H,10-11H2,1-4H3/b21-16-/t17-,18+,19-,20-/m0/s1.